The molecule has 0 aliphatic rings. The van der Waals surface area contributed by atoms with E-state index in [1.54, 1.807) is 13.3 Å². The minimum Gasteiger partial charge on any atom is -0.497 e. The van der Waals surface area contributed by atoms with Gasteiger partial charge in [-0.25, -0.2) is 0 Å². The third kappa shape index (κ3) is 3.61. The number of ether oxygens (including phenoxy) is 1. The standard InChI is InChI=1S/C15H17ClN2O/c1-18(14-7-8-17-13(9-14)10-16)11-12-3-5-15(19-2)6-4-12/h3-9H,10-11H2,1-2H3. The van der Waals surface area contributed by atoms with Crippen molar-refractivity contribution in [3.05, 3.63) is 53.9 Å². The van der Waals surface area contributed by atoms with E-state index in [4.69, 9.17) is 16.3 Å². The van der Waals surface area contributed by atoms with Gasteiger partial charge in [-0.15, -0.1) is 11.6 Å². The highest BCUT2D eigenvalue weighted by molar-refractivity contribution is 6.16. The Bertz CT molecular complexity index is 528. The first-order valence-corrected chi connectivity index (χ1v) is 6.61. The minimum absolute atomic E-state index is 0.435. The van der Waals surface area contributed by atoms with Crippen LogP contribution in [0.25, 0.3) is 0 Å². The van der Waals surface area contributed by atoms with E-state index in [0.29, 0.717) is 5.88 Å². The van der Waals surface area contributed by atoms with Crippen molar-refractivity contribution in [2.75, 3.05) is 19.1 Å². The first-order chi connectivity index (χ1) is 9.22. The van der Waals surface area contributed by atoms with Gasteiger partial charge in [-0.2, -0.15) is 0 Å². The van der Waals surface area contributed by atoms with Crippen LogP contribution in [0.2, 0.25) is 0 Å². The number of alkyl halides is 1. The van der Waals surface area contributed by atoms with Gasteiger partial charge in [0.1, 0.15) is 5.75 Å². The van der Waals surface area contributed by atoms with Crippen molar-refractivity contribution < 1.29 is 4.74 Å². The molecule has 4 heteroatoms. The summed E-state index contributed by atoms with van der Waals surface area (Å²) in [5.74, 6) is 1.31. The molecular formula is C15H17ClN2O. The van der Waals surface area contributed by atoms with Crippen molar-refractivity contribution in [3.63, 3.8) is 0 Å². The van der Waals surface area contributed by atoms with Gasteiger partial charge in [0.2, 0.25) is 0 Å². The average Bonchev–Trinajstić information content (AvgIpc) is 2.48. The zero-order valence-corrected chi connectivity index (χ0v) is 11.9. The molecule has 2 rings (SSSR count). The van der Waals surface area contributed by atoms with Gasteiger partial charge >= 0.3 is 0 Å². The second kappa shape index (κ2) is 6.43. The number of hydrogen-bond acceptors (Lipinski definition) is 3. The van der Waals surface area contributed by atoms with E-state index in [1.165, 1.54) is 5.56 Å². The number of anilines is 1. The molecule has 0 saturated carbocycles. The Kier molecular flexibility index (Phi) is 4.63. The first-order valence-electron chi connectivity index (χ1n) is 6.08. The summed E-state index contributed by atoms with van der Waals surface area (Å²) in [5.41, 5.74) is 3.23. The molecule has 0 bridgehead atoms. The van der Waals surface area contributed by atoms with Crippen LogP contribution in [0.15, 0.2) is 42.6 Å². The Morgan fingerprint density at radius 2 is 1.95 bits per heavy atom. The fourth-order valence-corrected chi connectivity index (χ4v) is 2.02. The van der Waals surface area contributed by atoms with Crippen molar-refractivity contribution >= 4 is 17.3 Å². The highest BCUT2D eigenvalue weighted by atomic mass is 35.5. The maximum Gasteiger partial charge on any atom is 0.118 e. The number of halogens is 1. The second-order valence-corrected chi connectivity index (χ2v) is 4.61. The number of methoxy groups -OCH3 is 1. The zero-order valence-electron chi connectivity index (χ0n) is 11.1. The van der Waals surface area contributed by atoms with Crippen LogP contribution in [0.4, 0.5) is 5.69 Å². The lowest BCUT2D eigenvalue weighted by Gasteiger charge is -2.19. The number of aromatic nitrogens is 1. The molecule has 0 amide bonds. The lowest BCUT2D eigenvalue weighted by Crippen LogP contribution is -2.16. The molecule has 0 saturated heterocycles. The van der Waals surface area contributed by atoms with Gasteiger partial charge in [0.05, 0.1) is 18.7 Å². The fraction of sp³-hybridized carbons (Fsp3) is 0.267. The summed E-state index contributed by atoms with van der Waals surface area (Å²) >= 11 is 5.80. The zero-order chi connectivity index (χ0) is 13.7. The van der Waals surface area contributed by atoms with Gasteiger partial charge in [0, 0.05) is 25.5 Å². The van der Waals surface area contributed by atoms with Crippen LogP contribution in [0.5, 0.6) is 5.75 Å². The van der Waals surface area contributed by atoms with E-state index in [9.17, 15) is 0 Å². The smallest absolute Gasteiger partial charge is 0.118 e. The Morgan fingerprint density at radius 1 is 1.21 bits per heavy atom. The maximum atomic E-state index is 5.80. The van der Waals surface area contributed by atoms with E-state index in [0.717, 1.165) is 23.7 Å². The summed E-state index contributed by atoms with van der Waals surface area (Å²) in [6.45, 7) is 0.829. The SMILES string of the molecule is COc1ccc(CN(C)c2ccnc(CCl)c2)cc1. The molecule has 1 aromatic heterocycles. The summed E-state index contributed by atoms with van der Waals surface area (Å²) in [5, 5.41) is 0. The van der Waals surface area contributed by atoms with Gasteiger partial charge in [-0.3, -0.25) is 4.98 Å². The average molecular weight is 277 g/mol. The van der Waals surface area contributed by atoms with Crippen molar-refractivity contribution in [1.29, 1.82) is 0 Å². The van der Waals surface area contributed by atoms with Crippen LogP contribution in [-0.2, 0) is 12.4 Å². The third-order valence-electron chi connectivity index (χ3n) is 2.96. The summed E-state index contributed by atoms with van der Waals surface area (Å²) < 4.78 is 5.15. The molecule has 0 unspecified atom stereocenters. The van der Waals surface area contributed by atoms with Crippen LogP contribution in [-0.4, -0.2) is 19.1 Å². The quantitative estimate of drug-likeness (QED) is 0.782. The van der Waals surface area contributed by atoms with E-state index in [2.05, 4.69) is 29.1 Å². The number of hydrogen-bond donors (Lipinski definition) is 0. The third-order valence-corrected chi connectivity index (χ3v) is 3.23. The summed E-state index contributed by atoms with van der Waals surface area (Å²) in [4.78, 5) is 6.36. The number of nitrogens with zero attached hydrogens (tertiary/aromatic N) is 2. The molecule has 0 atom stereocenters. The molecule has 3 nitrogen and oxygen atoms in total. The molecule has 0 N–H and O–H groups in total. The Hall–Kier alpha value is -1.74. The molecule has 1 aromatic carbocycles. The molecular weight excluding hydrogens is 260 g/mol. The van der Waals surface area contributed by atoms with Gasteiger partial charge < -0.3 is 9.64 Å². The van der Waals surface area contributed by atoms with Crippen LogP contribution in [0, 0.1) is 0 Å². The van der Waals surface area contributed by atoms with Crippen molar-refractivity contribution in [1.82, 2.24) is 4.98 Å². The molecule has 0 spiro atoms. The highest BCUT2D eigenvalue weighted by Gasteiger charge is 2.04. The molecule has 19 heavy (non-hydrogen) atoms. The van der Waals surface area contributed by atoms with Crippen molar-refractivity contribution in [2.45, 2.75) is 12.4 Å². The Morgan fingerprint density at radius 3 is 2.58 bits per heavy atom. The molecule has 1 heterocycles. The monoisotopic (exact) mass is 276 g/mol. The maximum absolute atomic E-state index is 5.80. The second-order valence-electron chi connectivity index (χ2n) is 4.34. The topological polar surface area (TPSA) is 25.4 Å². The number of pyridine rings is 1. The highest BCUT2D eigenvalue weighted by Crippen LogP contribution is 2.18. The van der Waals surface area contributed by atoms with Crippen molar-refractivity contribution in [3.8, 4) is 5.75 Å². The van der Waals surface area contributed by atoms with Crippen LogP contribution < -0.4 is 9.64 Å². The summed E-state index contributed by atoms with van der Waals surface area (Å²) in [6.07, 6.45) is 1.79. The predicted octanol–water partition coefficient (Wildman–Crippen LogP) is 3.47. The molecule has 2 aromatic rings. The number of benzene rings is 1. The molecule has 0 radical (unpaired) electrons. The van der Waals surface area contributed by atoms with Gasteiger partial charge in [0.15, 0.2) is 0 Å². The normalized spacial score (nSPS) is 10.3. The predicted molar refractivity (Wildman–Crippen MR) is 78.9 cm³/mol. The Balaban J connectivity index is 2.08. The van der Waals surface area contributed by atoms with Crippen LogP contribution in [0.1, 0.15) is 11.3 Å². The number of rotatable bonds is 5. The minimum atomic E-state index is 0.435. The molecule has 0 aliphatic heterocycles. The van der Waals surface area contributed by atoms with E-state index < -0.39 is 0 Å². The lowest BCUT2D eigenvalue weighted by molar-refractivity contribution is 0.414. The van der Waals surface area contributed by atoms with Gasteiger partial charge in [-0.1, -0.05) is 12.1 Å². The lowest BCUT2D eigenvalue weighted by atomic mass is 10.2. The van der Waals surface area contributed by atoms with E-state index in [-0.39, 0.29) is 0 Å². The van der Waals surface area contributed by atoms with Crippen LogP contribution >= 0.6 is 11.6 Å². The van der Waals surface area contributed by atoms with E-state index in [1.807, 2.05) is 24.3 Å². The first kappa shape index (κ1) is 13.7. The summed E-state index contributed by atoms with van der Waals surface area (Å²) in [6, 6.07) is 12.1. The van der Waals surface area contributed by atoms with Crippen LogP contribution in [0.3, 0.4) is 0 Å². The molecule has 0 aliphatic carbocycles. The van der Waals surface area contributed by atoms with Gasteiger partial charge in [0.25, 0.3) is 0 Å². The van der Waals surface area contributed by atoms with Crippen molar-refractivity contribution in [2.24, 2.45) is 0 Å². The van der Waals surface area contributed by atoms with Gasteiger partial charge in [-0.05, 0) is 29.8 Å². The fourth-order valence-electron chi connectivity index (χ4n) is 1.87. The molecule has 0 fully saturated rings. The largest absolute Gasteiger partial charge is 0.497 e. The van der Waals surface area contributed by atoms with E-state index >= 15 is 0 Å². The Labute approximate surface area is 118 Å². The summed E-state index contributed by atoms with van der Waals surface area (Å²) in [7, 11) is 3.73. The molecule has 100 valence electrons.